The number of imidazole rings is 1. The fourth-order valence-corrected chi connectivity index (χ4v) is 2.74. The van der Waals surface area contributed by atoms with Gasteiger partial charge < -0.3 is 19.5 Å². The molecule has 104 valence electrons. The molecule has 1 amide bonds. The van der Waals surface area contributed by atoms with E-state index in [1.165, 1.54) is 5.69 Å². The number of nitrogens with one attached hydrogen (secondary N) is 1. The average molecular weight is 264 g/mol. The van der Waals surface area contributed by atoms with Gasteiger partial charge in [-0.05, 0) is 12.8 Å². The number of fused-ring (bicyclic) bond motifs is 1. The van der Waals surface area contributed by atoms with Crippen LogP contribution in [0, 0.1) is 0 Å². The standard InChI is InChI=1S/C13H20N4O2/c18-13(16-3-1-2-4-16)9-19-8-12-7-14-5-11-6-15-10-17(11)12/h6,10,12,14H,1-5,7-9H2. The molecular formula is C13H20N4O2. The Bertz CT molecular complexity index is 440. The third kappa shape index (κ3) is 2.79. The molecule has 0 radical (unpaired) electrons. The van der Waals surface area contributed by atoms with Crippen molar-refractivity contribution in [1.82, 2.24) is 19.8 Å². The minimum atomic E-state index is 0.118. The molecule has 6 nitrogen and oxygen atoms in total. The van der Waals surface area contributed by atoms with E-state index in [0.717, 1.165) is 39.0 Å². The van der Waals surface area contributed by atoms with Gasteiger partial charge in [-0.25, -0.2) is 4.98 Å². The maximum absolute atomic E-state index is 11.8. The van der Waals surface area contributed by atoms with Gasteiger partial charge in [-0.1, -0.05) is 0 Å². The van der Waals surface area contributed by atoms with Crippen LogP contribution in [0.4, 0.5) is 0 Å². The molecule has 3 rings (SSSR count). The Labute approximate surface area is 112 Å². The monoisotopic (exact) mass is 264 g/mol. The molecule has 0 bridgehead atoms. The summed E-state index contributed by atoms with van der Waals surface area (Å²) >= 11 is 0. The van der Waals surface area contributed by atoms with Gasteiger partial charge in [-0.3, -0.25) is 4.79 Å². The van der Waals surface area contributed by atoms with Crippen molar-refractivity contribution in [2.24, 2.45) is 0 Å². The van der Waals surface area contributed by atoms with Crippen molar-refractivity contribution in [1.29, 1.82) is 0 Å². The van der Waals surface area contributed by atoms with Crippen LogP contribution in [0.5, 0.6) is 0 Å². The Hall–Kier alpha value is -1.40. The maximum Gasteiger partial charge on any atom is 0.248 e. The van der Waals surface area contributed by atoms with Crippen LogP contribution < -0.4 is 5.32 Å². The summed E-state index contributed by atoms with van der Waals surface area (Å²) in [5.41, 5.74) is 1.17. The Kier molecular flexibility index (Phi) is 3.79. The minimum Gasteiger partial charge on any atom is -0.369 e. The van der Waals surface area contributed by atoms with Gasteiger partial charge in [0.1, 0.15) is 6.61 Å². The molecule has 2 aliphatic rings. The highest BCUT2D eigenvalue weighted by molar-refractivity contribution is 5.77. The molecule has 0 aromatic carbocycles. The molecule has 0 aliphatic carbocycles. The van der Waals surface area contributed by atoms with E-state index in [-0.39, 0.29) is 18.6 Å². The van der Waals surface area contributed by atoms with Crippen LogP contribution in [-0.2, 0) is 16.1 Å². The molecule has 0 spiro atoms. The highest BCUT2D eigenvalue weighted by atomic mass is 16.5. The van der Waals surface area contributed by atoms with E-state index in [9.17, 15) is 4.79 Å². The first-order valence-corrected chi connectivity index (χ1v) is 6.91. The molecule has 1 aromatic heterocycles. The Balaban J connectivity index is 1.47. The first-order chi connectivity index (χ1) is 9.34. The van der Waals surface area contributed by atoms with Gasteiger partial charge in [0.15, 0.2) is 0 Å². The number of rotatable bonds is 4. The zero-order valence-electron chi connectivity index (χ0n) is 11.0. The molecule has 6 heteroatoms. The van der Waals surface area contributed by atoms with Gasteiger partial charge in [-0.2, -0.15) is 0 Å². The predicted molar refractivity (Wildman–Crippen MR) is 69.6 cm³/mol. The lowest BCUT2D eigenvalue weighted by Gasteiger charge is -2.26. The maximum atomic E-state index is 11.8. The summed E-state index contributed by atoms with van der Waals surface area (Å²) in [6.07, 6.45) is 5.95. The van der Waals surface area contributed by atoms with Crippen LogP contribution >= 0.6 is 0 Å². The van der Waals surface area contributed by atoms with Gasteiger partial charge in [0, 0.05) is 32.4 Å². The van der Waals surface area contributed by atoms with Crippen LogP contribution in [-0.4, -0.2) is 53.2 Å². The lowest BCUT2D eigenvalue weighted by molar-refractivity contribution is -0.135. The van der Waals surface area contributed by atoms with Gasteiger partial charge in [0.05, 0.1) is 24.7 Å². The second-order valence-electron chi connectivity index (χ2n) is 5.18. The summed E-state index contributed by atoms with van der Waals surface area (Å²) in [6, 6.07) is 0.234. The molecule has 1 atom stereocenters. The van der Waals surface area contributed by atoms with Crippen molar-refractivity contribution in [3.63, 3.8) is 0 Å². The van der Waals surface area contributed by atoms with E-state index in [1.807, 2.05) is 17.4 Å². The first kappa shape index (κ1) is 12.6. The summed E-state index contributed by atoms with van der Waals surface area (Å²) in [4.78, 5) is 17.9. The fraction of sp³-hybridized carbons (Fsp3) is 0.692. The summed E-state index contributed by atoms with van der Waals surface area (Å²) in [5, 5.41) is 3.33. The summed E-state index contributed by atoms with van der Waals surface area (Å²) in [5.74, 6) is 0.118. The molecule has 1 unspecified atom stereocenters. The van der Waals surface area contributed by atoms with Crippen molar-refractivity contribution in [2.45, 2.75) is 25.4 Å². The zero-order chi connectivity index (χ0) is 13.1. The molecule has 19 heavy (non-hydrogen) atoms. The molecule has 1 fully saturated rings. The molecule has 3 heterocycles. The minimum absolute atomic E-state index is 0.118. The van der Waals surface area contributed by atoms with Crippen molar-refractivity contribution >= 4 is 5.91 Å². The first-order valence-electron chi connectivity index (χ1n) is 6.91. The number of carbonyl (C=O) groups excluding carboxylic acids is 1. The van der Waals surface area contributed by atoms with Crippen molar-refractivity contribution < 1.29 is 9.53 Å². The van der Waals surface area contributed by atoms with Crippen LogP contribution in [0.1, 0.15) is 24.6 Å². The zero-order valence-corrected chi connectivity index (χ0v) is 11.0. The number of aromatic nitrogens is 2. The van der Waals surface area contributed by atoms with E-state index in [4.69, 9.17) is 4.74 Å². The van der Waals surface area contributed by atoms with Crippen LogP contribution in [0.2, 0.25) is 0 Å². The van der Waals surface area contributed by atoms with Crippen LogP contribution in [0.25, 0.3) is 0 Å². The van der Waals surface area contributed by atoms with E-state index < -0.39 is 0 Å². The summed E-state index contributed by atoms with van der Waals surface area (Å²) in [7, 11) is 0. The third-order valence-electron chi connectivity index (χ3n) is 3.82. The van der Waals surface area contributed by atoms with Crippen molar-refractivity contribution in [3.05, 3.63) is 18.2 Å². The normalized spacial score (nSPS) is 22.5. The van der Waals surface area contributed by atoms with Crippen molar-refractivity contribution in [3.8, 4) is 0 Å². The number of amides is 1. The molecular weight excluding hydrogens is 244 g/mol. The topological polar surface area (TPSA) is 59.4 Å². The van der Waals surface area contributed by atoms with Crippen molar-refractivity contribution in [2.75, 3.05) is 32.8 Å². The smallest absolute Gasteiger partial charge is 0.248 e. The number of carbonyl (C=O) groups is 1. The highest BCUT2D eigenvalue weighted by Crippen LogP contribution is 2.15. The van der Waals surface area contributed by atoms with E-state index in [0.29, 0.717) is 6.61 Å². The summed E-state index contributed by atoms with van der Waals surface area (Å²) in [6.45, 7) is 4.23. The van der Waals surface area contributed by atoms with Gasteiger partial charge >= 0.3 is 0 Å². The number of hydrogen-bond donors (Lipinski definition) is 1. The number of nitrogens with zero attached hydrogens (tertiary/aromatic N) is 3. The van der Waals surface area contributed by atoms with Gasteiger partial charge in [0.25, 0.3) is 0 Å². The van der Waals surface area contributed by atoms with Gasteiger partial charge in [-0.15, -0.1) is 0 Å². The van der Waals surface area contributed by atoms with E-state index >= 15 is 0 Å². The molecule has 2 aliphatic heterocycles. The highest BCUT2D eigenvalue weighted by Gasteiger charge is 2.21. The molecule has 1 N–H and O–H groups in total. The fourth-order valence-electron chi connectivity index (χ4n) is 2.74. The SMILES string of the molecule is O=C(COCC1CNCc2cncn21)N1CCCC1. The number of hydrogen-bond acceptors (Lipinski definition) is 4. The lowest BCUT2D eigenvalue weighted by atomic mass is 10.2. The average Bonchev–Trinajstić information content (AvgIpc) is 3.10. The molecule has 1 aromatic rings. The Morgan fingerprint density at radius 1 is 1.47 bits per heavy atom. The van der Waals surface area contributed by atoms with Crippen LogP contribution in [0.3, 0.4) is 0 Å². The lowest BCUT2D eigenvalue weighted by Crippen LogP contribution is -2.36. The molecule has 0 saturated carbocycles. The number of ether oxygens (including phenoxy) is 1. The van der Waals surface area contributed by atoms with Crippen LogP contribution in [0.15, 0.2) is 12.5 Å². The van der Waals surface area contributed by atoms with E-state index in [2.05, 4.69) is 14.9 Å². The predicted octanol–water partition coefficient (Wildman–Crippen LogP) is 0.166. The molecule has 1 saturated heterocycles. The Morgan fingerprint density at radius 3 is 3.16 bits per heavy atom. The Morgan fingerprint density at radius 2 is 2.32 bits per heavy atom. The summed E-state index contributed by atoms with van der Waals surface area (Å²) < 4.78 is 7.73. The van der Waals surface area contributed by atoms with E-state index in [1.54, 1.807) is 0 Å². The third-order valence-corrected chi connectivity index (χ3v) is 3.82. The largest absolute Gasteiger partial charge is 0.369 e. The second kappa shape index (κ2) is 5.71. The quantitative estimate of drug-likeness (QED) is 0.842. The number of likely N-dealkylation sites (tertiary alicyclic amines) is 1. The van der Waals surface area contributed by atoms with Gasteiger partial charge in [0.2, 0.25) is 5.91 Å². The second-order valence-corrected chi connectivity index (χ2v) is 5.18.